The maximum atomic E-state index is 11.4. The van der Waals surface area contributed by atoms with Gasteiger partial charge in [-0.1, -0.05) is 17.2 Å². The van der Waals surface area contributed by atoms with Crippen molar-refractivity contribution in [3.05, 3.63) is 84.4 Å². The van der Waals surface area contributed by atoms with Gasteiger partial charge in [0.05, 0.1) is 73.0 Å². The second-order valence-corrected chi connectivity index (χ2v) is 11.6. The summed E-state index contributed by atoms with van der Waals surface area (Å²) in [7, 11) is 4.29. The average molecular weight is 758 g/mol. The molecule has 54 heavy (non-hydrogen) atoms. The molecule has 0 aromatic heterocycles. The number of phenols is 1. The van der Waals surface area contributed by atoms with Gasteiger partial charge in [-0.05, 0) is 53.9 Å². The van der Waals surface area contributed by atoms with Gasteiger partial charge in [0.2, 0.25) is 0 Å². The van der Waals surface area contributed by atoms with E-state index in [1.165, 1.54) is 45.6 Å². The van der Waals surface area contributed by atoms with Crippen LogP contribution in [0, 0.1) is 0 Å². The maximum absolute atomic E-state index is 11.4. The van der Waals surface area contributed by atoms with E-state index in [2.05, 4.69) is 45.4 Å². The van der Waals surface area contributed by atoms with Crippen LogP contribution >= 0.6 is 12.0 Å². The van der Waals surface area contributed by atoms with Crippen molar-refractivity contribution in [2.75, 3.05) is 33.2 Å². The Bertz CT molecular complexity index is 2270. The van der Waals surface area contributed by atoms with Crippen LogP contribution in [0.2, 0.25) is 0 Å². The summed E-state index contributed by atoms with van der Waals surface area (Å²) in [6.45, 7) is 0.212. The van der Waals surface area contributed by atoms with Gasteiger partial charge in [-0.2, -0.15) is 15.3 Å². The van der Waals surface area contributed by atoms with E-state index in [1.807, 2.05) is 0 Å². The number of hydrogen-bond acceptors (Lipinski definition) is 17. The van der Waals surface area contributed by atoms with Crippen LogP contribution in [-0.2, 0) is 14.2 Å². The molecule has 5 N–H and O–H groups in total. The molecule has 0 saturated heterocycles. The fourth-order valence-electron chi connectivity index (χ4n) is 4.85. The van der Waals surface area contributed by atoms with Crippen molar-refractivity contribution in [2.24, 2.45) is 30.7 Å². The summed E-state index contributed by atoms with van der Waals surface area (Å²) < 4.78 is 21.1. The van der Waals surface area contributed by atoms with E-state index < -0.39 is 11.9 Å². The molecule has 5 rings (SSSR count). The average Bonchev–Trinajstić information content (AvgIpc) is 3.18. The van der Waals surface area contributed by atoms with Crippen molar-refractivity contribution in [3.63, 3.8) is 0 Å². The molecule has 0 fully saturated rings. The number of aliphatic carboxylic acids is 1. The van der Waals surface area contributed by atoms with Gasteiger partial charge < -0.3 is 34.8 Å². The molecular weight excluding hydrogens is 726 g/mol. The molecule has 19 heteroatoms. The Kier molecular flexibility index (Phi) is 13.0. The second-order valence-electron chi connectivity index (χ2n) is 10.8. The van der Waals surface area contributed by atoms with Crippen LogP contribution in [0.5, 0.6) is 23.0 Å². The zero-order chi connectivity index (χ0) is 38.6. The van der Waals surface area contributed by atoms with E-state index in [9.17, 15) is 19.8 Å². The number of benzene rings is 5. The summed E-state index contributed by atoms with van der Waals surface area (Å²) in [5, 5.41) is 71.6. The summed E-state index contributed by atoms with van der Waals surface area (Å²) in [6, 6.07) is 20.5. The fourth-order valence-corrected chi connectivity index (χ4v) is 5.34. The molecule has 0 aliphatic rings. The number of fused-ring (bicyclic) bond motifs is 1. The summed E-state index contributed by atoms with van der Waals surface area (Å²) in [4.78, 5) is 22.4. The molecule has 0 aliphatic heterocycles. The highest BCUT2D eigenvalue weighted by Crippen LogP contribution is 2.46. The number of rotatable bonds is 17. The van der Waals surface area contributed by atoms with E-state index in [1.54, 1.807) is 54.6 Å². The molecule has 0 aliphatic carbocycles. The first-order chi connectivity index (χ1) is 26.1. The third-order valence-electron chi connectivity index (χ3n) is 7.42. The lowest BCUT2D eigenvalue weighted by atomic mass is 10.1. The number of carbonyl (C=O) groups is 2. The quantitative estimate of drug-likeness (QED) is 0.0257. The van der Waals surface area contributed by atoms with Crippen LogP contribution in [0.3, 0.4) is 0 Å². The Balaban J connectivity index is 1.46. The van der Waals surface area contributed by atoms with Gasteiger partial charge in [0.25, 0.3) is 0 Å². The Hall–Kier alpha value is -6.67. The zero-order valence-corrected chi connectivity index (χ0v) is 29.5. The van der Waals surface area contributed by atoms with Gasteiger partial charge in [0.1, 0.15) is 34.3 Å². The maximum Gasteiger partial charge on any atom is 0.335 e. The van der Waals surface area contributed by atoms with E-state index >= 15 is 0 Å². The van der Waals surface area contributed by atoms with Crippen LogP contribution in [0.25, 0.3) is 10.8 Å². The number of azo groups is 3. The molecule has 0 heterocycles. The summed E-state index contributed by atoms with van der Waals surface area (Å²) >= 11 is 0.567. The lowest BCUT2D eigenvalue weighted by Crippen LogP contribution is -2.08. The number of carboxylic acid groups (broad SMARTS) is 2. The minimum absolute atomic E-state index is 0.0475. The molecular formula is C35H31N7O11S. The second kappa shape index (κ2) is 18.2. The Morgan fingerprint density at radius 3 is 2.00 bits per heavy atom. The van der Waals surface area contributed by atoms with Crippen LogP contribution in [-0.4, -0.2) is 60.4 Å². The minimum atomic E-state index is -1.10. The van der Waals surface area contributed by atoms with Crippen molar-refractivity contribution < 1.29 is 53.7 Å². The number of ether oxygens (including phenoxy) is 3. The molecule has 0 bridgehead atoms. The van der Waals surface area contributed by atoms with Crippen molar-refractivity contribution in [3.8, 4) is 23.0 Å². The topological polar surface area (TPSA) is 247 Å². The zero-order valence-electron chi connectivity index (χ0n) is 28.7. The molecule has 5 aromatic rings. The molecule has 0 amide bonds. The van der Waals surface area contributed by atoms with Gasteiger partial charge in [-0.15, -0.1) is 19.7 Å². The number of nitrogens with one attached hydrogen (secondary N) is 1. The van der Waals surface area contributed by atoms with Crippen LogP contribution in [0.1, 0.15) is 16.8 Å². The summed E-state index contributed by atoms with van der Waals surface area (Å²) in [5.41, 5.74) is 2.14. The smallest absolute Gasteiger partial charge is 0.335 e. The number of hydrogen-bond donors (Lipinski definition) is 5. The fraction of sp³-hybridized carbons (Fsp3) is 0.143. The number of phenolic OH excluding ortho intramolecular Hbond substituents is 1. The lowest BCUT2D eigenvalue weighted by Gasteiger charge is -2.11. The highest BCUT2D eigenvalue weighted by Gasteiger charge is 2.17. The van der Waals surface area contributed by atoms with E-state index in [0.29, 0.717) is 51.3 Å². The number of carboxylic acids is 2. The van der Waals surface area contributed by atoms with Gasteiger partial charge in [-0.3, -0.25) is 4.79 Å². The first-order valence-corrected chi connectivity index (χ1v) is 16.3. The largest absolute Gasteiger partial charge is 0.505 e. The van der Waals surface area contributed by atoms with E-state index in [4.69, 9.17) is 24.6 Å². The first kappa shape index (κ1) is 38.6. The lowest BCUT2D eigenvalue weighted by molar-refractivity contribution is -0.432. The van der Waals surface area contributed by atoms with Crippen molar-refractivity contribution in [1.29, 1.82) is 0 Å². The van der Waals surface area contributed by atoms with Gasteiger partial charge in [-0.25, -0.2) is 10.1 Å². The molecule has 5 aromatic carbocycles. The molecule has 0 spiro atoms. The Morgan fingerprint density at radius 1 is 0.722 bits per heavy atom. The van der Waals surface area contributed by atoms with Crippen LogP contribution in [0.15, 0.2) is 114 Å². The number of anilines is 1. The summed E-state index contributed by atoms with van der Waals surface area (Å²) in [6.07, 6.45) is -0.0650. The van der Waals surface area contributed by atoms with Crippen molar-refractivity contribution in [2.45, 2.75) is 11.3 Å². The van der Waals surface area contributed by atoms with Crippen LogP contribution < -0.4 is 19.5 Å². The molecule has 0 atom stereocenters. The molecule has 0 saturated carbocycles. The first-order valence-electron chi connectivity index (χ1n) is 15.6. The predicted octanol–water partition coefficient (Wildman–Crippen LogP) is 9.83. The number of methoxy groups -OCH3 is 3. The summed E-state index contributed by atoms with van der Waals surface area (Å²) in [5.74, 6) is -1.46. The van der Waals surface area contributed by atoms with Gasteiger partial charge in [0.15, 0.2) is 5.75 Å². The Morgan fingerprint density at radius 2 is 1.35 bits per heavy atom. The Labute approximate surface area is 310 Å². The normalized spacial score (nSPS) is 11.5. The van der Waals surface area contributed by atoms with E-state index in [-0.39, 0.29) is 57.7 Å². The molecule has 0 unspecified atom stereocenters. The monoisotopic (exact) mass is 757 g/mol. The van der Waals surface area contributed by atoms with Gasteiger partial charge >= 0.3 is 11.9 Å². The molecule has 278 valence electrons. The standard InChI is InChI=1S/C35H31N7O11S/c1-49-28-16-23(9-10-25(28)36-12-11-32(43)44)38-37-22-8-7-19-14-31(54-53-52-48)33(34(45)24(19)15-22)42-41-27-18-29(50-2)26(17-30(27)51-3)40-39-21-6-4-5-20(13-21)35(46)47/h4-10,13-18,36,45,48H,11-12H2,1-3H3,(H,43,44)(H,46,47). The SMILES string of the molecule is COc1cc(N=Nc2c(SOOO)cc3ccc(N=Nc4ccc(NCCC(=O)O)c(OC)c4)cc3c2O)c(OC)cc1N=Nc1cccc(C(=O)O)c1. The minimum Gasteiger partial charge on any atom is -0.505 e. The number of aromatic hydroxyl groups is 1. The third kappa shape index (κ3) is 9.60. The predicted molar refractivity (Wildman–Crippen MR) is 195 cm³/mol. The van der Waals surface area contributed by atoms with Crippen molar-refractivity contribution >= 4 is 74.6 Å². The highest BCUT2D eigenvalue weighted by molar-refractivity contribution is 7.94. The number of aromatic carboxylic acids is 1. The third-order valence-corrected chi connectivity index (χ3v) is 8.03. The van der Waals surface area contributed by atoms with Crippen LogP contribution in [0.4, 0.5) is 39.8 Å². The highest BCUT2D eigenvalue weighted by atomic mass is 32.2. The number of nitrogens with zero attached hydrogens (tertiary/aromatic N) is 6. The molecule has 0 radical (unpaired) electrons. The van der Waals surface area contributed by atoms with E-state index in [0.717, 1.165) is 0 Å². The molecule has 18 nitrogen and oxygen atoms in total. The van der Waals surface area contributed by atoms with Gasteiger partial charge in [0, 0.05) is 30.1 Å². The van der Waals surface area contributed by atoms with Crippen molar-refractivity contribution in [1.82, 2.24) is 0 Å².